The van der Waals surface area contributed by atoms with Crippen molar-refractivity contribution in [3.8, 4) is 0 Å². The van der Waals surface area contributed by atoms with Gasteiger partial charge in [-0.1, -0.05) is 59.2 Å². The summed E-state index contributed by atoms with van der Waals surface area (Å²) in [5, 5.41) is 11.7. The van der Waals surface area contributed by atoms with E-state index in [2.05, 4.69) is 15.5 Å². The maximum atomic E-state index is 12.8. The minimum Gasteiger partial charge on any atom is -0.405 e. The summed E-state index contributed by atoms with van der Waals surface area (Å²) in [6.45, 7) is 2.60. The molecule has 1 unspecified atom stereocenters. The lowest BCUT2D eigenvalue weighted by Gasteiger charge is -2.24. The predicted molar refractivity (Wildman–Crippen MR) is 105 cm³/mol. The third kappa shape index (κ3) is 4.00. The Kier molecular flexibility index (Phi) is 5.55. The number of anilines is 1. The number of aromatic nitrogens is 2. The van der Waals surface area contributed by atoms with E-state index in [1.807, 2.05) is 35.2 Å². The van der Waals surface area contributed by atoms with Crippen LogP contribution in [0.15, 0.2) is 59.0 Å². The van der Waals surface area contributed by atoms with Crippen molar-refractivity contribution in [2.45, 2.75) is 6.04 Å². The maximum Gasteiger partial charge on any atom is 0.318 e. The molecule has 0 spiro atoms. The van der Waals surface area contributed by atoms with Crippen LogP contribution < -0.4 is 10.2 Å². The lowest BCUT2D eigenvalue weighted by molar-refractivity contribution is 0.0938. The second-order valence-electron chi connectivity index (χ2n) is 6.32. The second kappa shape index (κ2) is 8.41. The highest BCUT2D eigenvalue weighted by molar-refractivity contribution is 6.33. The van der Waals surface area contributed by atoms with Crippen molar-refractivity contribution >= 4 is 23.5 Å². The van der Waals surface area contributed by atoms with E-state index >= 15 is 0 Å². The number of benzene rings is 2. The fraction of sp³-hybridized carbons (Fsp3) is 0.250. The van der Waals surface area contributed by atoms with E-state index in [-0.39, 0.29) is 5.91 Å². The summed E-state index contributed by atoms with van der Waals surface area (Å²) < 4.78 is 11.3. The molecule has 1 aliphatic rings. The first-order chi connectivity index (χ1) is 13.7. The average Bonchev–Trinajstić information content (AvgIpc) is 3.23. The van der Waals surface area contributed by atoms with Gasteiger partial charge in [0.1, 0.15) is 6.04 Å². The van der Waals surface area contributed by atoms with Crippen molar-refractivity contribution in [1.29, 1.82) is 0 Å². The molecule has 0 radical (unpaired) electrons. The van der Waals surface area contributed by atoms with Crippen LogP contribution in [0.5, 0.6) is 0 Å². The lowest BCUT2D eigenvalue weighted by atomic mass is 10.1. The van der Waals surface area contributed by atoms with Gasteiger partial charge in [0.25, 0.3) is 5.91 Å². The van der Waals surface area contributed by atoms with Crippen molar-refractivity contribution in [3.63, 3.8) is 0 Å². The number of hydrogen-bond acceptors (Lipinski definition) is 6. The molecule has 0 aliphatic carbocycles. The Morgan fingerprint density at radius 3 is 2.50 bits per heavy atom. The van der Waals surface area contributed by atoms with E-state index in [1.54, 1.807) is 24.3 Å². The van der Waals surface area contributed by atoms with Gasteiger partial charge in [-0.05, 0) is 17.7 Å². The van der Waals surface area contributed by atoms with Crippen LogP contribution >= 0.6 is 11.6 Å². The van der Waals surface area contributed by atoms with Crippen molar-refractivity contribution < 1.29 is 13.9 Å². The van der Waals surface area contributed by atoms with Gasteiger partial charge in [0, 0.05) is 13.1 Å². The third-order valence-corrected chi connectivity index (χ3v) is 4.81. The van der Waals surface area contributed by atoms with Crippen LogP contribution in [-0.2, 0) is 4.74 Å². The maximum absolute atomic E-state index is 12.8. The first-order valence-corrected chi connectivity index (χ1v) is 9.36. The Morgan fingerprint density at radius 2 is 1.75 bits per heavy atom. The smallest absolute Gasteiger partial charge is 0.318 e. The highest BCUT2D eigenvalue weighted by atomic mass is 35.5. The molecule has 1 aromatic heterocycles. The Morgan fingerprint density at radius 1 is 1.04 bits per heavy atom. The lowest BCUT2D eigenvalue weighted by Crippen LogP contribution is -2.36. The Labute approximate surface area is 167 Å². The number of nitrogens with one attached hydrogen (secondary N) is 1. The zero-order chi connectivity index (χ0) is 19.3. The van der Waals surface area contributed by atoms with Gasteiger partial charge in [0.05, 0.1) is 23.8 Å². The summed E-state index contributed by atoms with van der Waals surface area (Å²) in [5.41, 5.74) is 1.22. The van der Waals surface area contributed by atoms with Crippen LogP contribution in [-0.4, -0.2) is 42.4 Å². The first-order valence-electron chi connectivity index (χ1n) is 8.99. The zero-order valence-corrected chi connectivity index (χ0v) is 15.8. The highest BCUT2D eigenvalue weighted by Crippen LogP contribution is 2.25. The molecule has 7 nitrogen and oxygen atoms in total. The molecule has 28 heavy (non-hydrogen) atoms. The molecular formula is C20H19ClN4O3. The molecule has 2 aromatic carbocycles. The number of nitrogens with zero attached hydrogens (tertiary/aromatic N) is 3. The number of halogens is 1. The zero-order valence-electron chi connectivity index (χ0n) is 15.0. The molecule has 1 fully saturated rings. The molecule has 1 atom stereocenters. The molecule has 1 saturated heterocycles. The minimum atomic E-state index is -0.590. The number of amides is 1. The van der Waals surface area contributed by atoms with Crippen molar-refractivity contribution in [3.05, 3.63) is 76.6 Å². The van der Waals surface area contributed by atoms with Crippen LogP contribution in [0, 0.1) is 0 Å². The normalized spacial score (nSPS) is 15.2. The van der Waals surface area contributed by atoms with Gasteiger partial charge in [0.15, 0.2) is 0 Å². The third-order valence-electron chi connectivity index (χ3n) is 4.49. The molecule has 144 valence electrons. The topological polar surface area (TPSA) is 80.5 Å². The van der Waals surface area contributed by atoms with E-state index in [1.165, 1.54) is 0 Å². The monoisotopic (exact) mass is 398 g/mol. The predicted octanol–water partition coefficient (Wildman–Crippen LogP) is 3.08. The van der Waals surface area contributed by atoms with Crippen LogP contribution in [0.4, 0.5) is 6.01 Å². The van der Waals surface area contributed by atoms with Gasteiger partial charge >= 0.3 is 6.01 Å². The molecule has 1 amide bonds. The molecule has 1 aliphatic heterocycles. The Bertz CT molecular complexity index is 941. The summed E-state index contributed by atoms with van der Waals surface area (Å²) >= 11 is 6.17. The van der Waals surface area contributed by atoms with Gasteiger partial charge in [-0.2, -0.15) is 0 Å². The first kappa shape index (κ1) is 18.5. The van der Waals surface area contributed by atoms with Gasteiger partial charge in [0.2, 0.25) is 5.89 Å². The molecule has 8 heteroatoms. The molecule has 0 saturated carbocycles. The Balaban J connectivity index is 1.62. The van der Waals surface area contributed by atoms with E-state index in [4.69, 9.17) is 20.8 Å². The van der Waals surface area contributed by atoms with Gasteiger partial charge < -0.3 is 19.4 Å². The Hall–Kier alpha value is -2.90. The fourth-order valence-electron chi connectivity index (χ4n) is 3.01. The van der Waals surface area contributed by atoms with Gasteiger partial charge in [-0.15, -0.1) is 5.10 Å². The number of hydrogen-bond donors (Lipinski definition) is 1. The molecule has 3 aromatic rings. The van der Waals surface area contributed by atoms with E-state index < -0.39 is 6.04 Å². The number of ether oxygens (including phenoxy) is 1. The summed E-state index contributed by atoms with van der Waals surface area (Å²) in [5.74, 6) is -0.00123. The standard InChI is InChI=1S/C20H19ClN4O3/c21-16-9-5-4-8-15(16)18(26)22-17(14-6-2-1-3-7-14)19-23-24-20(28-19)25-10-12-27-13-11-25/h1-9,17H,10-13H2,(H,22,26). The highest BCUT2D eigenvalue weighted by Gasteiger charge is 2.26. The average molecular weight is 399 g/mol. The van der Waals surface area contributed by atoms with Gasteiger partial charge in [-0.25, -0.2) is 0 Å². The summed E-state index contributed by atoms with van der Waals surface area (Å²) in [6, 6.07) is 16.2. The summed E-state index contributed by atoms with van der Waals surface area (Å²) in [4.78, 5) is 14.8. The van der Waals surface area contributed by atoms with E-state index in [0.717, 1.165) is 5.56 Å². The molecule has 1 N–H and O–H groups in total. The van der Waals surface area contributed by atoms with E-state index in [0.29, 0.717) is 48.8 Å². The SMILES string of the molecule is O=C(NC(c1ccccc1)c1nnc(N2CCOCC2)o1)c1ccccc1Cl. The van der Waals surface area contributed by atoms with Crippen LogP contribution in [0.1, 0.15) is 27.9 Å². The number of carbonyl (C=O) groups is 1. The molecule has 2 heterocycles. The number of morpholine rings is 1. The van der Waals surface area contributed by atoms with Crippen LogP contribution in [0.2, 0.25) is 5.02 Å². The fourth-order valence-corrected chi connectivity index (χ4v) is 3.23. The summed E-state index contributed by atoms with van der Waals surface area (Å²) in [7, 11) is 0. The molecular weight excluding hydrogens is 380 g/mol. The molecule has 4 rings (SSSR count). The number of rotatable bonds is 5. The quantitative estimate of drug-likeness (QED) is 0.711. The number of carbonyl (C=O) groups excluding carboxylic acids is 1. The largest absolute Gasteiger partial charge is 0.405 e. The minimum absolute atomic E-state index is 0.313. The second-order valence-corrected chi connectivity index (χ2v) is 6.73. The van der Waals surface area contributed by atoms with Crippen molar-refractivity contribution in [2.75, 3.05) is 31.2 Å². The van der Waals surface area contributed by atoms with Crippen LogP contribution in [0.3, 0.4) is 0 Å². The van der Waals surface area contributed by atoms with Crippen LogP contribution in [0.25, 0.3) is 0 Å². The summed E-state index contributed by atoms with van der Waals surface area (Å²) in [6.07, 6.45) is 0. The van der Waals surface area contributed by atoms with E-state index in [9.17, 15) is 4.79 Å². The molecule has 0 bridgehead atoms. The van der Waals surface area contributed by atoms with Gasteiger partial charge in [-0.3, -0.25) is 4.79 Å². The van der Waals surface area contributed by atoms with Crippen molar-refractivity contribution in [1.82, 2.24) is 15.5 Å². The van der Waals surface area contributed by atoms with Crippen molar-refractivity contribution in [2.24, 2.45) is 0 Å².